The monoisotopic (exact) mass is 420 g/mol. The summed E-state index contributed by atoms with van der Waals surface area (Å²) in [5.74, 6) is 0.526. The number of hydrogen-bond donors (Lipinski definition) is 2. The molecule has 2 aromatic rings. The van der Waals surface area contributed by atoms with Gasteiger partial charge in [0.05, 0.1) is 0 Å². The van der Waals surface area contributed by atoms with Gasteiger partial charge in [0.2, 0.25) is 5.91 Å². The minimum Gasteiger partial charge on any atom is -0.399 e. The highest BCUT2D eigenvalue weighted by Gasteiger charge is 2.19. The van der Waals surface area contributed by atoms with Crippen molar-refractivity contribution in [2.24, 2.45) is 0 Å². The molecule has 3 N–H and O–H groups in total. The summed E-state index contributed by atoms with van der Waals surface area (Å²) < 4.78 is 12.6. The van der Waals surface area contributed by atoms with Crippen molar-refractivity contribution >= 4 is 40.5 Å². The molecular weight excluding hydrogens is 392 g/mol. The van der Waals surface area contributed by atoms with Crippen LogP contribution in [-0.4, -0.2) is 15.4 Å². The van der Waals surface area contributed by atoms with Crippen LogP contribution in [0.15, 0.2) is 48.5 Å². The Morgan fingerprint density at radius 2 is 1.82 bits per heavy atom. The van der Waals surface area contributed by atoms with Crippen LogP contribution in [0.25, 0.3) is 0 Å². The van der Waals surface area contributed by atoms with Gasteiger partial charge in [0, 0.05) is 39.6 Å². The maximum Gasteiger partial charge on any atom is 0.224 e. The molecule has 0 aliphatic heterocycles. The fourth-order valence-electron chi connectivity index (χ4n) is 3.58. The fraction of sp³-hybridized carbons (Fsp3) is 0.409. The minimum atomic E-state index is -0.836. The Balaban J connectivity index is 0.00000280. The van der Waals surface area contributed by atoms with Gasteiger partial charge in [0.15, 0.2) is 0 Å². The van der Waals surface area contributed by atoms with Gasteiger partial charge in [0.1, 0.15) is 0 Å². The van der Waals surface area contributed by atoms with Crippen molar-refractivity contribution in [3.63, 3.8) is 0 Å². The van der Waals surface area contributed by atoms with Gasteiger partial charge in [-0.15, -0.1) is 12.4 Å². The topological polar surface area (TPSA) is 72.2 Å². The highest BCUT2D eigenvalue weighted by atomic mass is 35.5. The molecule has 1 aliphatic rings. The van der Waals surface area contributed by atoms with Crippen LogP contribution in [0.1, 0.15) is 49.7 Å². The lowest BCUT2D eigenvalue weighted by Crippen LogP contribution is -2.20. The number of halogens is 1. The Morgan fingerprint density at radius 3 is 2.57 bits per heavy atom. The third-order valence-electron chi connectivity index (χ3n) is 5.12. The van der Waals surface area contributed by atoms with Crippen LogP contribution < -0.4 is 11.1 Å². The first-order valence-electron chi connectivity index (χ1n) is 9.71. The van der Waals surface area contributed by atoms with Crippen LogP contribution in [0.2, 0.25) is 0 Å². The van der Waals surface area contributed by atoms with E-state index in [1.807, 2.05) is 48.5 Å². The van der Waals surface area contributed by atoms with Crippen molar-refractivity contribution in [1.82, 2.24) is 0 Å². The van der Waals surface area contributed by atoms with E-state index in [0.29, 0.717) is 23.8 Å². The van der Waals surface area contributed by atoms with Crippen LogP contribution in [0.5, 0.6) is 0 Å². The van der Waals surface area contributed by atoms with Crippen molar-refractivity contribution in [3.8, 4) is 0 Å². The predicted octanol–water partition coefficient (Wildman–Crippen LogP) is 4.84. The smallest absolute Gasteiger partial charge is 0.224 e. The maximum absolute atomic E-state index is 12.6. The second kappa shape index (κ2) is 11.2. The first-order valence-corrected chi connectivity index (χ1v) is 11.1. The summed E-state index contributed by atoms with van der Waals surface area (Å²) >= 11 is 0. The Morgan fingerprint density at radius 1 is 1.07 bits per heavy atom. The van der Waals surface area contributed by atoms with E-state index in [2.05, 4.69) is 5.32 Å². The van der Waals surface area contributed by atoms with E-state index in [4.69, 9.17) is 5.73 Å². The quantitative estimate of drug-likeness (QED) is 0.629. The molecule has 0 saturated heterocycles. The fourth-order valence-corrected chi connectivity index (χ4v) is 5.19. The lowest BCUT2D eigenvalue weighted by atomic mass is 10.0. The lowest BCUT2D eigenvalue weighted by molar-refractivity contribution is -0.116. The molecule has 1 amide bonds. The summed E-state index contributed by atoms with van der Waals surface area (Å²) in [7, 11) is -0.836. The van der Waals surface area contributed by atoms with Crippen LogP contribution in [-0.2, 0) is 27.8 Å². The number of benzene rings is 2. The number of rotatable bonds is 7. The first kappa shape index (κ1) is 22.4. The Kier molecular flexibility index (Phi) is 9.00. The van der Waals surface area contributed by atoms with E-state index in [-0.39, 0.29) is 18.3 Å². The largest absolute Gasteiger partial charge is 0.399 e. The number of para-hydroxylation sites is 1. The summed E-state index contributed by atoms with van der Waals surface area (Å²) in [5, 5.41) is 3.27. The van der Waals surface area contributed by atoms with Crippen molar-refractivity contribution in [3.05, 3.63) is 59.7 Å². The van der Waals surface area contributed by atoms with Gasteiger partial charge in [-0.3, -0.25) is 9.00 Å². The average molecular weight is 421 g/mol. The molecule has 2 aromatic carbocycles. The zero-order chi connectivity index (χ0) is 19.1. The molecule has 0 heterocycles. The molecule has 6 heteroatoms. The Bertz CT molecular complexity index is 807. The Labute approximate surface area is 176 Å². The molecule has 0 spiro atoms. The van der Waals surface area contributed by atoms with Crippen molar-refractivity contribution < 1.29 is 9.00 Å². The Hall–Kier alpha value is -1.85. The average Bonchev–Trinajstić information content (AvgIpc) is 2.68. The molecule has 1 saturated carbocycles. The van der Waals surface area contributed by atoms with E-state index in [1.54, 1.807) is 0 Å². The minimum absolute atomic E-state index is 0. The van der Waals surface area contributed by atoms with Gasteiger partial charge < -0.3 is 11.1 Å². The third-order valence-corrected chi connectivity index (χ3v) is 6.95. The van der Waals surface area contributed by atoms with E-state index in [9.17, 15) is 9.00 Å². The van der Waals surface area contributed by atoms with Gasteiger partial charge in [-0.05, 0) is 48.6 Å². The number of amides is 1. The molecule has 3 rings (SSSR count). The molecule has 1 unspecified atom stereocenters. The number of nitrogens with one attached hydrogen (secondary N) is 1. The number of carbonyl (C=O) groups is 1. The van der Waals surface area contributed by atoms with E-state index < -0.39 is 10.8 Å². The van der Waals surface area contributed by atoms with Crippen LogP contribution in [0.4, 0.5) is 11.4 Å². The van der Waals surface area contributed by atoms with Crippen LogP contribution >= 0.6 is 12.4 Å². The van der Waals surface area contributed by atoms with Crippen molar-refractivity contribution in [1.29, 1.82) is 0 Å². The number of anilines is 2. The molecular formula is C22H29ClN2O2S. The van der Waals surface area contributed by atoms with E-state index in [0.717, 1.165) is 35.3 Å². The first-order chi connectivity index (χ1) is 13.1. The molecule has 4 nitrogen and oxygen atoms in total. The summed E-state index contributed by atoms with van der Waals surface area (Å²) in [6.45, 7) is 0. The number of nitrogen functional groups attached to an aromatic ring is 1. The lowest BCUT2D eigenvalue weighted by Gasteiger charge is -2.21. The summed E-state index contributed by atoms with van der Waals surface area (Å²) in [5.41, 5.74) is 9.42. The van der Waals surface area contributed by atoms with Gasteiger partial charge in [-0.2, -0.15) is 0 Å². The second-order valence-corrected chi connectivity index (χ2v) is 8.95. The zero-order valence-corrected chi connectivity index (χ0v) is 17.7. The number of hydrogen-bond acceptors (Lipinski definition) is 3. The number of carbonyl (C=O) groups excluding carboxylic acids is 1. The van der Waals surface area contributed by atoms with Gasteiger partial charge in [0.25, 0.3) is 0 Å². The molecule has 0 radical (unpaired) electrons. The molecule has 28 heavy (non-hydrogen) atoms. The molecule has 1 atom stereocenters. The SMILES string of the molecule is Cl.Nc1ccccc1CCC(=O)Nc1cccc(CS(=O)C2CCCCC2)c1. The van der Waals surface area contributed by atoms with Gasteiger partial charge >= 0.3 is 0 Å². The molecule has 0 aromatic heterocycles. The predicted molar refractivity (Wildman–Crippen MR) is 120 cm³/mol. The highest BCUT2D eigenvalue weighted by Crippen LogP contribution is 2.24. The molecule has 152 valence electrons. The standard InChI is InChI=1S/C22H28N2O2S.ClH/c23-21-12-5-4-8-18(21)13-14-22(25)24-19-9-6-7-17(15-19)16-27(26)20-10-2-1-3-11-20;/h4-9,12,15,20H,1-3,10-11,13-14,16,23H2,(H,24,25);1H. The maximum atomic E-state index is 12.6. The highest BCUT2D eigenvalue weighted by molar-refractivity contribution is 7.84. The van der Waals surface area contributed by atoms with Crippen molar-refractivity contribution in [2.45, 2.75) is 55.9 Å². The summed E-state index contributed by atoms with van der Waals surface area (Å²) in [6, 6.07) is 15.3. The normalized spacial score (nSPS) is 15.4. The van der Waals surface area contributed by atoms with Crippen molar-refractivity contribution in [2.75, 3.05) is 11.1 Å². The number of nitrogens with two attached hydrogens (primary N) is 1. The summed E-state index contributed by atoms with van der Waals surface area (Å²) in [6.07, 6.45) is 6.80. The van der Waals surface area contributed by atoms with Crippen LogP contribution in [0, 0.1) is 0 Å². The molecule has 1 aliphatic carbocycles. The third kappa shape index (κ3) is 6.64. The van der Waals surface area contributed by atoms with Crippen LogP contribution in [0.3, 0.4) is 0 Å². The second-order valence-electron chi connectivity index (χ2n) is 7.23. The number of aryl methyl sites for hydroxylation is 1. The summed E-state index contributed by atoms with van der Waals surface area (Å²) in [4.78, 5) is 12.3. The van der Waals surface area contributed by atoms with E-state index in [1.165, 1.54) is 19.3 Å². The molecule has 0 bridgehead atoms. The molecule has 1 fully saturated rings. The van der Waals surface area contributed by atoms with Gasteiger partial charge in [-0.25, -0.2) is 0 Å². The van der Waals surface area contributed by atoms with E-state index >= 15 is 0 Å². The van der Waals surface area contributed by atoms with Gasteiger partial charge in [-0.1, -0.05) is 49.6 Å². The zero-order valence-electron chi connectivity index (χ0n) is 16.1.